The molecule has 1 rings (SSSR count). The van der Waals surface area contributed by atoms with Crippen molar-refractivity contribution in [2.75, 3.05) is 13.7 Å². The summed E-state index contributed by atoms with van der Waals surface area (Å²) >= 11 is 0. The van der Waals surface area contributed by atoms with Crippen molar-refractivity contribution in [3.8, 4) is 11.5 Å². The summed E-state index contributed by atoms with van der Waals surface area (Å²) in [5.41, 5.74) is 1.19. The van der Waals surface area contributed by atoms with Crippen LogP contribution in [0.5, 0.6) is 11.5 Å². The van der Waals surface area contributed by atoms with Crippen LogP contribution in [0.4, 0.5) is 0 Å². The number of rotatable bonds is 4. The number of hydrogen-bond acceptors (Lipinski definition) is 4. The van der Waals surface area contributed by atoms with Crippen LogP contribution >= 0.6 is 0 Å². The van der Waals surface area contributed by atoms with Crippen molar-refractivity contribution in [1.82, 2.24) is 0 Å². The van der Waals surface area contributed by atoms with Gasteiger partial charge in [0, 0.05) is 11.5 Å². The first-order valence-electron chi connectivity index (χ1n) is 4.77. The standard InChI is InChI=1S/C10H15BO4/c1-4-15-10-6-9(14-3)7(2)5-8(10)11(12)13/h5-6,12-13H,4H2,1-3H3. The Morgan fingerprint density at radius 2 is 1.93 bits per heavy atom. The minimum absolute atomic E-state index is 0.357. The fourth-order valence-electron chi connectivity index (χ4n) is 1.39. The van der Waals surface area contributed by atoms with Crippen molar-refractivity contribution in [2.24, 2.45) is 0 Å². The Bertz CT molecular complexity index is 338. The van der Waals surface area contributed by atoms with Gasteiger partial charge in [0.2, 0.25) is 0 Å². The number of ether oxygens (including phenoxy) is 2. The fraction of sp³-hybridized carbons (Fsp3) is 0.400. The van der Waals surface area contributed by atoms with Gasteiger partial charge in [-0.3, -0.25) is 0 Å². The zero-order valence-corrected chi connectivity index (χ0v) is 9.15. The molecule has 0 amide bonds. The molecule has 0 heterocycles. The highest BCUT2D eigenvalue weighted by molar-refractivity contribution is 6.59. The molecule has 2 N–H and O–H groups in total. The molecular weight excluding hydrogens is 195 g/mol. The molecule has 1 aromatic rings. The molecule has 0 unspecified atom stereocenters. The van der Waals surface area contributed by atoms with Gasteiger partial charge in [-0.2, -0.15) is 0 Å². The van der Waals surface area contributed by atoms with Crippen molar-refractivity contribution < 1.29 is 19.5 Å². The third kappa shape index (κ3) is 2.64. The summed E-state index contributed by atoms with van der Waals surface area (Å²) in [5, 5.41) is 18.3. The van der Waals surface area contributed by atoms with E-state index in [2.05, 4.69) is 0 Å². The Labute approximate surface area is 89.6 Å². The van der Waals surface area contributed by atoms with E-state index in [9.17, 15) is 0 Å². The minimum Gasteiger partial charge on any atom is -0.496 e. The van der Waals surface area contributed by atoms with Gasteiger partial charge >= 0.3 is 7.12 Å². The van der Waals surface area contributed by atoms with E-state index in [1.807, 2.05) is 13.8 Å². The molecule has 0 saturated heterocycles. The van der Waals surface area contributed by atoms with E-state index in [0.29, 0.717) is 23.6 Å². The molecule has 0 aliphatic carbocycles. The number of benzene rings is 1. The molecule has 0 radical (unpaired) electrons. The molecule has 0 spiro atoms. The number of methoxy groups -OCH3 is 1. The highest BCUT2D eigenvalue weighted by Gasteiger charge is 2.19. The normalized spacial score (nSPS) is 9.93. The summed E-state index contributed by atoms with van der Waals surface area (Å²) in [4.78, 5) is 0. The smallest absolute Gasteiger partial charge is 0.492 e. The lowest BCUT2D eigenvalue weighted by Crippen LogP contribution is -2.31. The average Bonchev–Trinajstić information content (AvgIpc) is 2.20. The summed E-state index contributed by atoms with van der Waals surface area (Å²) in [7, 11) is 0.0313. The van der Waals surface area contributed by atoms with Crippen LogP contribution in [0.1, 0.15) is 12.5 Å². The maximum atomic E-state index is 9.15. The summed E-state index contributed by atoms with van der Waals surface area (Å²) < 4.78 is 10.4. The zero-order chi connectivity index (χ0) is 11.4. The van der Waals surface area contributed by atoms with Gasteiger partial charge in [-0.25, -0.2) is 0 Å². The first kappa shape index (κ1) is 11.9. The Hall–Kier alpha value is -1.20. The van der Waals surface area contributed by atoms with E-state index < -0.39 is 7.12 Å². The van der Waals surface area contributed by atoms with E-state index in [-0.39, 0.29) is 0 Å². The molecular formula is C10H15BO4. The fourth-order valence-corrected chi connectivity index (χ4v) is 1.39. The third-order valence-corrected chi connectivity index (χ3v) is 2.11. The lowest BCUT2D eigenvalue weighted by Gasteiger charge is -2.13. The van der Waals surface area contributed by atoms with Crippen LogP contribution in [0, 0.1) is 6.92 Å². The largest absolute Gasteiger partial charge is 0.496 e. The quantitative estimate of drug-likeness (QED) is 0.691. The summed E-state index contributed by atoms with van der Waals surface area (Å²) in [6.45, 7) is 4.13. The molecule has 5 heteroatoms. The molecule has 4 nitrogen and oxygen atoms in total. The Morgan fingerprint density at radius 3 is 2.40 bits per heavy atom. The first-order valence-corrected chi connectivity index (χ1v) is 4.77. The van der Waals surface area contributed by atoms with Gasteiger partial charge in [-0.15, -0.1) is 0 Å². The van der Waals surface area contributed by atoms with Gasteiger partial charge in [0.25, 0.3) is 0 Å². The van der Waals surface area contributed by atoms with Crippen LogP contribution in [-0.2, 0) is 0 Å². The van der Waals surface area contributed by atoms with Gasteiger partial charge in [0.15, 0.2) is 0 Å². The van der Waals surface area contributed by atoms with Gasteiger partial charge < -0.3 is 19.5 Å². The monoisotopic (exact) mass is 210 g/mol. The molecule has 0 fully saturated rings. The van der Waals surface area contributed by atoms with Crippen LogP contribution in [0.2, 0.25) is 0 Å². The van der Waals surface area contributed by atoms with E-state index in [1.165, 1.54) is 0 Å². The lowest BCUT2D eigenvalue weighted by atomic mass is 9.78. The second-order valence-electron chi connectivity index (χ2n) is 3.17. The van der Waals surface area contributed by atoms with Gasteiger partial charge in [0.1, 0.15) is 11.5 Å². The summed E-state index contributed by atoms with van der Waals surface area (Å²) in [6.07, 6.45) is 0. The molecule has 0 aromatic heterocycles. The second-order valence-corrected chi connectivity index (χ2v) is 3.17. The van der Waals surface area contributed by atoms with Crippen LogP contribution in [0.3, 0.4) is 0 Å². The van der Waals surface area contributed by atoms with E-state index in [0.717, 1.165) is 5.56 Å². The van der Waals surface area contributed by atoms with Crippen molar-refractivity contribution in [2.45, 2.75) is 13.8 Å². The Balaban J connectivity index is 3.19. The Kier molecular flexibility index (Phi) is 4.00. The highest BCUT2D eigenvalue weighted by Crippen LogP contribution is 2.22. The Morgan fingerprint density at radius 1 is 1.27 bits per heavy atom. The zero-order valence-electron chi connectivity index (χ0n) is 9.15. The molecule has 1 aromatic carbocycles. The van der Waals surface area contributed by atoms with E-state index in [1.54, 1.807) is 19.2 Å². The van der Waals surface area contributed by atoms with Crippen LogP contribution in [0.15, 0.2) is 12.1 Å². The van der Waals surface area contributed by atoms with Gasteiger partial charge in [-0.05, 0) is 19.4 Å². The average molecular weight is 210 g/mol. The number of aryl methyl sites for hydroxylation is 1. The molecule has 82 valence electrons. The topological polar surface area (TPSA) is 58.9 Å². The van der Waals surface area contributed by atoms with Crippen LogP contribution in [-0.4, -0.2) is 30.9 Å². The maximum absolute atomic E-state index is 9.15. The van der Waals surface area contributed by atoms with E-state index in [4.69, 9.17) is 19.5 Å². The number of hydrogen-bond donors (Lipinski definition) is 2. The minimum atomic E-state index is -1.53. The SMILES string of the molecule is CCOc1cc(OC)c(C)cc1B(O)O. The van der Waals surface area contributed by atoms with Crippen molar-refractivity contribution >= 4 is 12.6 Å². The molecule has 0 aliphatic heterocycles. The molecule has 0 aliphatic rings. The second kappa shape index (κ2) is 5.05. The highest BCUT2D eigenvalue weighted by atomic mass is 16.5. The maximum Gasteiger partial charge on any atom is 0.492 e. The van der Waals surface area contributed by atoms with Gasteiger partial charge in [-0.1, -0.05) is 6.07 Å². The molecule has 0 saturated carbocycles. The van der Waals surface area contributed by atoms with Crippen LogP contribution < -0.4 is 14.9 Å². The van der Waals surface area contributed by atoms with Crippen molar-refractivity contribution in [3.63, 3.8) is 0 Å². The van der Waals surface area contributed by atoms with Crippen LogP contribution in [0.25, 0.3) is 0 Å². The van der Waals surface area contributed by atoms with E-state index >= 15 is 0 Å². The predicted octanol–water partition coefficient (Wildman–Crippen LogP) is 0.0821. The molecule has 0 atom stereocenters. The predicted molar refractivity (Wildman–Crippen MR) is 58.7 cm³/mol. The van der Waals surface area contributed by atoms with Gasteiger partial charge in [0.05, 0.1) is 13.7 Å². The van der Waals surface area contributed by atoms with Crippen molar-refractivity contribution in [3.05, 3.63) is 17.7 Å². The third-order valence-electron chi connectivity index (χ3n) is 2.11. The molecule has 0 bridgehead atoms. The summed E-state index contributed by atoms with van der Waals surface area (Å²) in [6, 6.07) is 3.31. The lowest BCUT2D eigenvalue weighted by molar-refractivity contribution is 0.335. The molecule has 15 heavy (non-hydrogen) atoms. The van der Waals surface area contributed by atoms with Crippen molar-refractivity contribution in [1.29, 1.82) is 0 Å². The summed E-state index contributed by atoms with van der Waals surface area (Å²) in [5.74, 6) is 1.11. The first-order chi connectivity index (χ1) is 7.10.